The third-order valence-electron chi connectivity index (χ3n) is 4.73. The lowest BCUT2D eigenvalue weighted by Crippen LogP contribution is -2.42. The van der Waals surface area contributed by atoms with Crippen molar-refractivity contribution in [2.75, 3.05) is 26.7 Å². The quantitative estimate of drug-likeness (QED) is 0.832. The van der Waals surface area contributed by atoms with Gasteiger partial charge in [0.1, 0.15) is 0 Å². The molecular formula is C18H28N2O. The molecule has 1 heterocycles. The van der Waals surface area contributed by atoms with Crippen LogP contribution in [0.4, 0.5) is 0 Å². The summed E-state index contributed by atoms with van der Waals surface area (Å²) in [6.45, 7) is 6.98. The number of carbonyl (C=O) groups excluding carboxylic acids is 1. The average Bonchev–Trinajstić information content (AvgIpc) is 2.48. The number of nitrogens with zero attached hydrogens (tertiary/aromatic N) is 2. The van der Waals surface area contributed by atoms with E-state index < -0.39 is 0 Å². The van der Waals surface area contributed by atoms with Crippen LogP contribution in [0.3, 0.4) is 0 Å². The molecule has 1 aromatic carbocycles. The Balaban J connectivity index is 1.76. The van der Waals surface area contributed by atoms with Gasteiger partial charge in [-0.3, -0.25) is 4.79 Å². The van der Waals surface area contributed by atoms with Crippen molar-refractivity contribution >= 4 is 5.91 Å². The monoisotopic (exact) mass is 288 g/mol. The molecule has 0 bridgehead atoms. The van der Waals surface area contributed by atoms with Crippen LogP contribution in [0.15, 0.2) is 30.3 Å². The number of rotatable bonds is 5. The van der Waals surface area contributed by atoms with E-state index in [4.69, 9.17) is 0 Å². The molecule has 1 aliphatic heterocycles. The molecule has 21 heavy (non-hydrogen) atoms. The van der Waals surface area contributed by atoms with Gasteiger partial charge in [-0.25, -0.2) is 0 Å². The molecule has 0 N–H and O–H groups in total. The molecule has 3 nitrogen and oxygen atoms in total. The Labute approximate surface area is 128 Å². The lowest BCUT2D eigenvalue weighted by atomic mass is 9.95. The van der Waals surface area contributed by atoms with Crippen molar-refractivity contribution in [3.8, 4) is 0 Å². The highest BCUT2D eigenvalue weighted by atomic mass is 16.2. The van der Waals surface area contributed by atoms with E-state index in [9.17, 15) is 4.79 Å². The van der Waals surface area contributed by atoms with Crippen LogP contribution in [0.2, 0.25) is 0 Å². The summed E-state index contributed by atoms with van der Waals surface area (Å²) in [4.78, 5) is 15.8. The van der Waals surface area contributed by atoms with Crippen LogP contribution in [0.1, 0.15) is 32.3 Å². The predicted octanol–water partition coefficient (Wildman–Crippen LogP) is 2.81. The summed E-state index contributed by atoms with van der Waals surface area (Å²) in [5.41, 5.74) is 1.41. The van der Waals surface area contributed by atoms with Crippen LogP contribution >= 0.6 is 0 Å². The first-order valence-electron chi connectivity index (χ1n) is 8.06. The number of piperidine rings is 1. The van der Waals surface area contributed by atoms with Crippen LogP contribution in [-0.2, 0) is 11.2 Å². The van der Waals surface area contributed by atoms with Gasteiger partial charge in [-0.1, -0.05) is 30.3 Å². The fourth-order valence-electron chi connectivity index (χ4n) is 3.13. The van der Waals surface area contributed by atoms with E-state index in [1.807, 2.05) is 4.90 Å². The maximum absolute atomic E-state index is 11.4. The van der Waals surface area contributed by atoms with Crippen molar-refractivity contribution in [3.05, 3.63) is 35.9 Å². The van der Waals surface area contributed by atoms with Gasteiger partial charge in [0, 0.05) is 32.6 Å². The van der Waals surface area contributed by atoms with Gasteiger partial charge in [0.15, 0.2) is 0 Å². The molecule has 0 saturated carbocycles. The first-order valence-corrected chi connectivity index (χ1v) is 8.06. The molecule has 1 atom stereocenters. The summed E-state index contributed by atoms with van der Waals surface area (Å²) in [6.07, 6.45) is 3.38. The van der Waals surface area contributed by atoms with Gasteiger partial charge in [0.05, 0.1) is 0 Å². The second-order valence-corrected chi connectivity index (χ2v) is 6.43. The van der Waals surface area contributed by atoms with Crippen molar-refractivity contribution in [1.82, 2.24) is 9.80 Å². The van der Waals surface area contributed by atoms with E-state index in [0.29, 0.717) is 6.04 Å². The molecule has 1 amide bonds. The first kappa shape index (κ1) is 16.0. The highest BCUT2D eigenvalue weighted by molar-refractivity contribution is 5.73. The van der Waals surface area contributed by atoms with Crippen molar-refractivity contribution in [1.29, 1.82) is 0 Å². The summed E-state index contributed by atoms with van der Waals surface area (Å²) in [7, 11) is 2.23. The summed E-state index contributed by atoms with van der Waals surface area (Å²) < 4.78 is 0. The number of benzene rings is 1. The fourth-order valence-corrected chi connectivity index (χ4v) is 3.13. The minimum Gasteiger partial charge on any atom is -0.343 e. The largest absolute Gasteiger partial charge is 0.343 e. The van der Waals surface area contributed by atoms with Gasteiger partial charge in [-0.05, 0) is 44.7 Å². The third kappa shape index (κ3) is 4.85. The molecule has 1 saturated heterocycles. The number of likely N-dealkylation sites (N-methyl/N-ethyl adjacent to an activating group) is 1. The maximum Gasteiger partial charge on any atom is 0.219 e. The van der Waals surface area contributed by atoms with Crippen LogP contribution in [0.5, 0.6) is 0 Å². The minimum absolute atomic E-state index is 0.222. The zero-order valence-electron chi connectivity index (χ0n) is 13.6. The second-order valence-electron chi connectivity index (χ2n) is 6.43. The van der Waals surface area contributed by atoms with Crippen molar-refractivity contribution in [3.63, 3.8) is 0 Å². The van der Waals surface area contributed by atoms with Crippen molar-refractivity contribution in [2.24, 2.45) is 5.92 Å². The number of carbonyl (C=O) groups is 1. The zero-order valence-corrected chi connectivity index (χ0v) is 13.6. The summed E-state index contributed by atoms with van der Waals surface area (Å²) >= 11 is 0. The molecular weight excluding hydrogens is 260 g/mol. The average molecular weight is 288 g/mol. The van der Waals surface area contributed by atoms with E-state index in [-0.39, 0.29) is 5.91 Å². The van der Waals surface area contributed by atoms with E-state index in [2.05, 4.69) is 49.2 Å². The molecule has 1 unspecified atom stereocenters. The summed E-state index contributed by atoms with van der Waals surface area (Å²) in [5.74, 6) is 0.947. The number of hydrogen-bond donors (Lipinski definition) is 0. The Morgan fingerprint density at radius 1 is 1.29 bits per heavy atom. The van der Waals surface area contributed by atoms with Crippen LogP contribution < -0.4 is 0 Å². The van der Waals surface area contributed by atoms with E-state index in [1.165, 1.54) is 5.56 Å². The van der Waals surface area contributed by atoms with Crippen molar-refractivity contribution < 1.29 is 4.79 Å². The molecule has 0 aromatic heterocycles. The Hall–Kier alpha value is -1.35. The molecule has 2 rings (SSSR count). The van der Waals surface area contributed by atoms with Gasteiger partial charge in [0.2, 0.25) is 5.91 Å². The molecule has 0 spiro atoms. The van der Waals surface area contributed by atoms with Gasteiger partial charge in [0.25, 0.3) is 0 Å². The van der Waals surface area contributed by atoms with Crippen molar-refractivity contribution in [2.45, 2.75) is 39.2 Å². The highest BCUT2D eigenvalue weighted by Gasteiger charge is 2.23. The maximum atomic E-state index is 11.4. The Bertz CT molecular complexity index is 438. The standard InChI is InChI=1S/C18H28N2O/c1-15(13-17-7-5-4-6-8-17)19(3)14-18-9-11-20(12-10-18)16(2)21/h4-8,15,18H,9-14H2,1-3H3. The summed E-state index contributed by atoms with van der Waals surface area (Å²) in [5, 5.41) is 0. The van der Waals surface area contributed by atoms with Gasteiger partial charge >= 0.3 is 0 Å². The molecule has 3 heteroatoms. The van der Waals surface area contributed by atoms with Gasteiger partial charge in [-0.2, -0.15) is 0 Å². The summed E-state index contributed by atoms with van der Waals surface area (Å²) in [6, 6.07) is 11.3. The van der Waals surface area contributed by atoms with Crippen LogP contribution in [0, 0.1) is 5.92 Å². The normalized spacial score (nSPS) is 18.0. The SMILES string of the molecule is CC(=O)N1CCC(CN(C)C(C)Cc2ccccc2)CC1. The first-order chi connectivity index (χ1) is 10.1. The van der Waals surface area contributed by atoms with Gasteiger partial charge in [-0.15, -0.1) is 0 Å². The molecule has 0 aliphatic carbocycles. The fraction of sp³-hybridized carbons (Fsp3) is 0.611. The van der Waals surface area contributed by atoms with E-state index in [1.54, 1.807) is 6.92 Å². The Kier molecular flexibility index (Phi) is 5.80. The second kappa shape index (κ2) is 7.60. The minimum atomic E-state index is 0.222. The zero-order chi connectivity index (χ0) is 15.2. The molecule has 1 aliphatic rings. The van der Waals surface area contributed by atoms with E-state index in [0.717, 1.165) is 44.8 Å². The topological polar surface area (TPSA) is 23.6 Å². The molecule has 1 fully saturated rings. The third-order valence-corrected chi connectivity index (χ3v) is 4.73. The Morgan fingerprint density at radius 2 is 1.90 bits per heavy atom. The molecule has 0 radical (unpaired) electrons. The highest BCUT2D eigenvalue weighted by Crippen LogP contribution is 2.19. The smallest absolute Gasteiger partial charge is 0.219 e. The Morgan fingerprint density at radius 3 is 2.48 bits per heavy atom. The lowest BCUT2D eigenvalue weighted by Gasteiger charge is -2.35. The lowest BCUT2D eigenvalue weighted by molar-refractivity contribution is -0.130. The van der Waals surface area contributed by atoms with Gasteiger partial charge < -0.3 is 9.80 Å². The number of amides is 1. The van der Waals surface area contributed by atoms with Crippen LogP contribution in [-0.4, -0.2) is 48.4 Å². The van der Waals surface area contributed by atoms with Crippen LogP contribution in [0.25, 0.3) is 0 Å². The predicted molar refractivity (Wildman–Crippen MR) is 87.2 cm³/mol. The molecule has 1 aromatic rings. The number of hydrogen-bond acceptors (Lipinski definition) is 2. The number of likely N-dealkylation sites (tertiary alicyclic amines) is 1. The molecule has 116 valence electrons. The van der Waals surface area contributed by atoms with E-state index >= 15 is 0 Å².